The lowest BCUT2D eigenvalue weighted by Crippen LogP contribution is -2.25. The minimum Gasteiger partial charge on any atom is -0.366 e. The lowest BCUT2D eigenvalue weighted by atomic mass is 9.84. The van der Waals surface area contributed by atoms with Crippen molar-refractivity contribution in [3.63, 3.8) is 0 Å². The molecule has 1 unspecified atom stereocenters. The second kappa shape index (κ2) is 6.48. The second-order valence-electron chi connectivity index (χ2n) is 6.11. The van der Waals surface area contributed by atoms with Crippen LogP contribution in [0, 0.1) is 5.82 Å². The van der Waals surface area contributed by atoms with Crippen LogP contribution in [0.5, 0.6) is 0 Å². The van der Waals surface area contributed by atoms with E-state index in [0.717, 1.165) is 17.7 Å². The lowest BCUT2D eigenvalue weighted by Gasteiger charge is -2.26. The van der Waals surface area contributed by atoms with Gasteiger partial charge in [-0.15, -0.1) is 0 Å². The number of halogens is 4. The van der Waals surface area contributed by atoms with E-state index < -0.39 is 36.3 Å². The molecule has 3 rings (SSSR count). The van der Waals surface area contributed by atoms with Gasteiger partial charge in [-0.3, -0.25) is 4.79 Å². The number of benzene rings is 2. The normalized spacial score (nSPS) is 18.0. The fourth-order valence-electron chi connectivity index (χ4n) is 3.29. The number of carbonyl (C=O) groups excluding carboxylic acids is 1. The molecular formula is C18H16F4N2O. The molecule has 7 heteroatoms. The van der Waals surface area contributed by atoms with Crippen molar-refractivity contribution in [2.24, 2.45) is 5.73 Å². The van der Waals surface area contributed by atoms with Gasteiger partial charge in [-0.25, -0.2) is 4.39 Å². The Hall–Kier alpha value is -2.41. The largest absolute Gasteiger partial charge is 0.389 e. The number of alkyl halides is 3. The van der Waals surface area contributed by atoms with Crippen molar-refractivity contribution in [1.82, 2.24) is 5.32 Å². The molecule has 1 aliphatic rings. The molecular weight excluding hydrogens is 336 g/mol. The number of rotatable bonds is 4. The molecule has 2 atom stereocenters. The quantitative estimate of drug-likeness (QED) is 0.823. The Kier molecular flexibility index (Phi) is 4.51. The van der Waals surface area contributed by atoms with E-state index in [1.807, 2.05) is 0 Å². The minimum atomic E-state index is -4.36. The van der Waals surface area contributed by atoms with Gasteiger partial charge in [0.15, 0.2) is 0 Å². The molecule has 0 spiro atoms. The van der Waals surface area contributed by atoms with Crippen molar-refractivity contribution in [2.75, 3.05) is 0 Å². The van der Waals surface area contributed by atoms with Gasteiger partial charge in [0.1, 0.15) is 5.82 Å². The summed E-state index contributed by atoms with van der Waals surface area (Å²) in [6.07, 6.45) is -5.40. The molecule has 132 valence electrons. The Morgan fingerprint density at radius 2 is 1.88 bits per heavy atom. The second-order valence-corrected chi connectivity index (χ2v) is 6.11. The van der Waals surface area contributed by atoms with Crippen molar-refractivity contribution in [1.29, 1.82) is 0 Å². The van der Waals surface area contributed by atoms with Crippen LogP contribution in [-0.2, 0) is 6.54 Å². The zero-order valence-corrected chi connectivity index (χ0v) is 13.1. The predicted molar refractivity (Wildman–Crippen MR) is 84.4 cm³/mol. The lowest BCUT2D eigenvalue weighted by molar-refractivity contribution is -0.140. The molecule has 1 aliphatic heterocycles. The standard InChI is InChI=1S/C18H16F4N2O/c19-13-4-1-10(2-5-13)15(8-18(20,21)22)16-14-6-3-11(17(23)25)7-12(14)9-24-16/h1-7,15-16,24H,8-9H2,(H2,23,25)/t15-,16?/m1/s1. The third kappa shape index (κ3) is 3.82. The highest BCUT2D eigenvalue weighted by atomic mass is 19.4. The van der Waals surface area contributed by atoms with Crippen LogP contribution in [-0.4, -0.2) is 12.1 Å². The SMILES string of the molecule is NC(=O)c1ccc2c(c1)CNC2[C@H](CC(F)(F)F)c1ccc(F)cc1. The van der Waals surface area contributed by atoms with E-state index in [2.05, 4.69) is 5.32 Å². The maximum Gasteiger partial charge on any atom is 0.389 e. The van der Waals surface area contributed by atoms with Crippen LogP contribution in [0.2, 0.25) is 0 Å². The van der Waals surface area contributed by atoms with E-state index in [1.54, 1.807) is 12.1 Å². The van der Waals surface area contributed by atoms with Crippen LogP contribution in [0.15, 0.2) is 42.5 Å². The number of nitrogens with one attached hydrogen (secondary N) is 1. The first-order valence-electron chi connectivity index (χ1n) is 7.73. The maximum absolute atomic E-state index is 13.1. The summed E-state index contributed by atoms with van der Waals surface area (Å²) in [6.45, 7) is 0.344. The highest BCUT2D eigenvalue weighted by molar-refractivity contribution is 5.93. The summed E-state index contributed by atoms with van der Waals surface area (Å²) < 4.78 is 52.5. The number of hydrogen-bond donors (Lipinski definition) is 2. The van der Waals surface area contributed by atoms with E-state index in [0.29, 0.717) is 23.2 Å². The molecule has 1 amide bonds. The average molecular weight is 352 g/mol. The van der Waals surface area contributed by atoms with E-state index in [4.69, 9.17) is 5.73 Å². The maximum atomic E-state index is 13.1. The molecule has 0 radical (unpaired) electrons. The molecule has 0 fully saturated rings. The molecule has 0 bridgehead atoms. The van der Waals surface area contributed by atoms with Gasteiger partial charge in [0, 0.05) is 24.1 Å². The number of primary amides is 1. The number of amides is 1. The topological polar surface area (TPSA) is 55.1 Å². The Balaban J connectivity index is 1.98. The van der Waals surface area contributed by atoms with Gasteiger partial charge >= 0.3 is 6.18 Å². The van der Waals surface area contributed by atoms with Gasteiger partial charge < -0.3 is 11.1 Å². The minimum absolute atomic E-state index is 0.315. The highest BCUT2D eigenvalue weighted by Gasteiger charge is 2.39. The van der Waals surface area contributed by atoms with Gasteiger partial charge in [0.05, 0.1) is 6.42 Å². The molecule has 2 aromatic carbocycles. The number of hydrogen-bond acceptors (Lipinski definition) is 2. The third-order valence-corrected chi connectivity index (χ3v) is 4.43. The molecule has 0 aliphatic carbocycles. The molecule has 3 N–H and O–H groups in total. The molecule has 0 saturated carbocycles. The Morgan fingerprint density at radius 1 is 1.20 bits per heavy atom. The molecule has 3 nitrogen and oxygen atoms in total. The summed E-state index contributed by atoms with van der Waals surface area (Å²) >= 11 is 0. The summed E-state index contributed by atoms with van der Waals surface area (Å²) in [5, 5.41) is 3.08. The van der Waals surface area contributed by atoms with Crippen LogP contribution < -0.4 is 11.1 Å². The van der Waals surface area contributed by atoms with Crippen LogP contribution in [0.4, 0.5) is 17.6 Å². The summed E-state index contributed by atoms with van der Waals surface area (Å²) in [4.78, 5) is 11.3. The van der Waals surface area contributed by atoms with Crippen LogP contribution in [0.1, 0.15) is 45.4 Å². The monoisotopic (exact) mass is 352 g/mol. The molecule has 1 heterocycles. The first kappa shape index (κ1) is 17.4. The van der Waals surface area contributed by atoms with Crippen LogP contribution in [0.3, 0.4) is 0 Å². The average Bonchev–Trinajstić information content (AvgIpc) is 2.95. The first-order chi connectivity index (χ1) is 11.7. The van der Waals surface area contributed by atoms with Gasteiger partial charge in [0.2, 0.25) is 5.91 Å². The summed E-state index contributed by atoms with van der Waals surface area (Å²) in [6, 6.07) is 9.23. The van der Waals surface area contributed by atoms with Crippen molar-refractivity contribution >= 4 is 5.91 Å². The van der Waals surface area contributed by atoms with Crippen LogP contribution >= 0.6 is 0 Å². The zero-order valence-electron chi connectivity index (χ0n) is 13.1. The molecule has 2 aromatic rings. The number of nitrogens with two attached hydrogens (primary N) is 1. The fraction of sp³-hybridized carbons (Fsp3) is 0.278. The van der Waals surface area contributed by atoms with E-state index in [-0.39, 0.29) is 0 Å². The van der Waals surface area contributed by atoms with Crippen molar-refractivity contribution in [3.8, 4) is 0 Å². The summed E-state index contributed by atoms with van der Waals surface area (Å²) in [7, 11) is 0. The van der Waals surface area contributed by atoms with Crippen molar-refractivity contribution in [2.45, 2.75) is 31.1 Å². The molecule has 0 aromatic heterocycles. The van der Waals surface area contributed by atoms with Crippen molar-refractivity contribution < 1.29 is 22.4 Å². The number of fused-ring (bicyclic) bond motifs is 1. The van der Waals surface area contributed by atoms with Gasteiger partial charge in [-0.1, -0.05) is 18.2 Å². The summed E-state index contributed by atoms with van der Waals surface area (Å²) in [5.74, 6) is -1.99. The number of carbonyl (C=O) groups is 1. The fourth-order valence-corrected chi connectivity index (χ4v) is 3.29. The smallest absolute Gasteiger partial charge is 0.366 e. The van der Waals surface area contributed by atoms with Gasteiger partial charge in [0.25, 0.3) is 0 Å². The molecule has 0 saturated heterocycles. The van der Waals surface area contributed by atoms with E-state index >= 15 is 0 Å². The predicted octanol–water partition coefficient (Wildman–Crippen LogP) is 3.81. The third-order valence-electron chi connectivity index (χ3n) is 4.43. The Labute approximate surface area is 141 Å². The first-order valence-corrected chi connectivity index (χ1v) is 7.73. The van der Waals surface area contributed by atoms with Gasteiger partial charge in [-0.2, -0.15) is 13.2 Å². The van der Waals surface area contributed by atoms with E-state index in [1.165, 1.54) is 18.2 Å². The van der Waals surface area contributed by atoms with Crippen molar-refractivity contribution in [3.05, 3.63) is 70.5 Å². The van der Waals surface area contributed by atoms with Gasteiger partial charge in [-0.05, 0) is 41.0 Å². The van der Waals surface area contributed by atoms with Crippen LogP contribution in [0.25, 0.3) is 0 Å². The summed E-state index contributed by atoms with van der Waals surface area (Å²) in [5.41, 5.74) is 7.41. The zero-order chi connectivity index (χ0) is 18.2. The van der Waals surface area contributed by atoms with E-state index in [9.17, 15) is 22.4 Å². The highest BCUT2D eigenvalue weighted by Crippen LogP contribution is 2.43. The Morgan fingerprint density at radius 3 is 2.48 bits per heavy atom. The Bertz CT molecular complexity index is 787. The molecule has 25 heavy (non-hydrogen) atoms.